The van der Waals surface area contributed by atoms with Gasteiger partial charge in [-0.15, -0.1) is 27.8 Å². The number of nitrogens with zero attached hydrogens (tertiary/aromatic N) is 4. The second-order valence-corrected chi connectivity index (χ2v) is 7.83. The van der Waals surface area contributed by atoms with E-state index in [-0.39, 0.29) is 24.2 Å². The van der Waals surface area contributed by atoms with Gasteiger partial charge in [-0.3, -0.25) is 4.79 Å². The van der Waals surface area contributed by atoms with Crippen LogP contribution in [0, 0.1) is 5.82 Å². The van der Waals surface area contributed by atoms with E-state index in [0.717, 1.165) is 4.88 Å². The third-order valence-electron chi connectivity index (χ3n) is 3.79. The number of esters is 1. The summed E-state index contributed by atoms with van der Waals surface area (Å²) in [5.41, 5.74) is 1.05. The predicted octanol–water partition coefficient (Wildman–Crippen LogP) is 3.91. The minimum atomic E-state index is -0.720. The molecule has 0 saturated carbocycles. The Morgan fingerprint density at radius 3 is 2.67 bits per heavy atom. The summed E-state index contributed by atoms with van der Waals surface area (Å²) in [6, 6.07) is 9.42. The van der Waals surface area contributed by atoms with Crippen LogP contribution in [0.4, 0.5) is 9.52 Å². The van der Waals surface area contributed by atoms with Crippen LogP contribution in [0.2, 0.25) is 0 Å². The van der Waals surface area contributed by atoms with Gasteiger partial charge in [-0.1, -0.05) is 6.07 Å². The smallest absolute Gasteiger partial charge is 0.378 e. The second-order valence-electron chi connectivity index (χ2n) is 6.03. The Labute approximate surface area is 178 Å². The van der Waals surface area contributed by atoms with E-state index in [1.54, 1.807) is 17.5 Å². The molecule has 8 nitrogen and oxygen atoms in total. The second kappa shape index (κ2) is 8.51. The van der Waals surface area contributed by atoms with Crippen molar-refractivity contribution in [3.63, 3.8) is 0 Å². The van der Waals surface area contributed by atoms with Crippen LogP contribution >= 0.6 is 22.7 Å². The van der Waals surface area contributed by atoms with E-state index >= 15 is 0 Å². The molecule has 1 N–H and O–H groups in total. The van der Waals surface area contributed by atoms with E-state index in [2.05, 4.69) is 20.4 Å². The number of carbonyl (C=O) groups excluding carboxylic acids is 2. The number of rotatable bonds is 6. The first kappa shape index (κ1) is 19.9. The van der Waals surface area contributed by atoms with Gasteiger partial charge in [0.25, 0.3) is 5.82 Å². The maximum absolute atomic E-state index is 13.3. The third-order valence-corrected chi connectivity index (χ3v) is 5.46. The summed E-state index contributed by atoms with van der Waals surface area (Å²) in [5, 5.41) is 10.8. The molecule has 0 aliphatic carbocycles. The van der Waals surface area contributed by atoms with E-state index in [1.807, 2.05) is 17.5 Å². The molecule has 152 valence electrons. The fraction of sp³-hybridized carbons (Fsp3) is 0.105. The zero-order valence-electron chi connectivity index (χ0n) is 15.5. The van der Waals surface area contributed by atoms with Crippen molar-refractivity contribution in [3.8, 4) is 16.4 Å². The van der Waals surface area contributed by atoms with E-state index in [1.165, 1.54) is 46.4 Å². The van der Waals surface area contributed by atoms with E-state index < -0.39 is 5.97 Å². The van der Waals surface area contributed by atoms with Gasteiger partial charge in [-0.05, 0) is 35.7 Å². The highest BCUT2D eigenvalue weighted by Gasteiger charge is 2.21. The summed E-state index contributed by atoms with van der Waals surface area (Å²) >= 11 is 2.67. The molecule has 1 amide bonds. The van der Waals surface area contributed by atoms with Gasteiger partial charge in [0.1, 0.15) is 12.4 Å². The molecule has 0 fully saturated rings. The predicted molar refractivity (Wildman–Crippen MR) is 110 cm³/mol. The number of aromatic nitrogens is 4. The Hall–Kier alpha value is -3.44. The fourth-order valence-corrected chi connectivity index (χ4v) is 3.95. The molecule has 0 unspecified atom stereocenters. The van der Waals surface area contributed by atoms with Crippen molar-refractivity contribution in [2.75, 3.05) is 5.32 Å². The number of halogens is 1. The number of benzene rings is 1. The van der Waals surface area contributed by atoms with Crippen LogP contribution in [0.3, 0.4) is 0 Å². The summed E-state index contributed by atoms with van der Waals surface area (Å²) in [6.45, 7) is 1.30. The number of anilines is 1. The van der Waals surface area contributed by atoms with Crippen LogP contribution < -0.4 is 5.32 Å². The van der Waals surface area contributed by atoms with Gasteiger partial charge in [0.05, 0.1) is 16.3 Å². The fourth-order valence-electron chi connectivity index (χ4n) is 2.51. The van der Waals surface area contributed by atoms with Gasteiger partial charge in [0, 0.05) is 12.3 Å². The average molecular weight is 443 g/mol. The van der Waals surface area contributed by atoms with E-state index in [0.29, 0.717) is 22.3 Å². The van der Waals surface area contributed by atoms with Crippen molar-refractivity contribution < 1.29 is 18.7 Å². The SMILES string of the molecule is CC(=O)Nc1nc(COC(=O)c2nc(-c3cccs3)n(-c3ccc(F)cc3)n2)cs1. The van der Waals surface area contributed by atoms with Gasteiger partial charge in [0.15, 0.2) is 11.0 Å². The molecule has 0 spiro atoms. The molecule has 4 rings (SSSR count). The van der Waals surface area contributed by atoms with Crippen molar-refractivity contribution in [1.82, 2.24) is 19.7 Å². The van der Waals surface area contributed by atoms with Gasteiger partial charge in [-0.25, -0.2) is 18.9 Å². The highest BCUT2D eigenvalue weighted by molar-refractivity contribution is 7.14. The van der Waals surface area contributed by atoms with Crippen LogP contribution in [0.1, 0.15) is 23.2 Å². The monoisotopic (exact) mass is 443 g/mol. The molecule has 0 aliphatic rings. The molecule has 30 heavy (non-hydrogen) atoms. The Morgan fingerprint density at radius 2 is 1.97 bits per heavy atom. The largest absolute Gasteiger partial charge is 0.453 e. The maximum Gasteiger partial charge on any atom is 0.378 e. The molecule has 3 heterocycles. The number of nitrogens with one attached hydrogen (secondary N) is 1. The van der Waals surface area contributed by atoms with Gasteiger partial charge >= 0.3 is 5.97 Å². The topological polar surface area (TPSA) is 99.0 Å². The summed E-state index contributed by atoms with van der Waals surface area (Å²) in [6.07, 6.45) is 0. The van der Waals surface area contributed by atoms with Gasteiger partial charge in [0.2, 0.25) is 5.91 Å². The number of amides is 1. The van der Waals surface area contributed by atoms with E-state index in [9.17, 15) is 14.0 Å². The lowest BCUT2D eigenvalue weighted by molar-refractivity contribution is -0.114. The van der Waals surface area contributed by atoms with Gasteiger partial charge < -0.3 is 10.1 Å². The maximum atomic E-state index is 13.3. The van der Waals surface area contributed by atoms with Crippen LogP contribution in [0.25, 0.3) is 16.4 Å². The average Bonchev–Trinajstić information content (AvgIpc) is 3.46. The molecule has 4 aromatic rings. The molecule has 1 aromatic carbocycles. The van der Waals surface area contributed by atoms with Crippen LogP contribution in [0.5, 0.6) is 0 Å². The number of ether oxygens (including phenoxy) is 1. The summed E-state index contributed by atoms with van der Waals surface area (Å²) < 4.78 is 20.0. The molecule has 0 aliphatic heterocycles. The molecule has 11 heteroatoms. The lowest BCUT2D eigenvalue weighted by Gasteiger charge is -2.03. The molecule has 0 atom stereocenters. The minimum Gasteiger partial charge on any atom is -0.453 e. The highest BCUT2D eigenvalue weighted by Crippen LogP contribution is 2.26. The number of thiazole rings is 1. The van der Waals surface area contributed by atoms with Gasteiger partial charge in [-0.2, -0.15) is 4.98 Å². The van der Waals surface area contributed by atoms with Crippen LogP contribution in [-0.2, 0) is 16.1 Å². The zero-order valence-corrected chi connectivity index (χ0v) is 17.2. The number of carbonyl (C=O) groups is 2. The first-order chi connectivity index (χ1) is 14.5. The first-order valence-electron chi connectivity index (χ1n) is 8.65. The summed E-state index contributed by atoms with van der Waals surface area (Å²) in [7, 11) is 0. The Bertz CT molecular complexity index is 1190. The molecule has 3 aromatic heterocycles. The standard InChI is InChI=1S/C19H14FN5O3S2/c1-11(26)21-19-22-13(10-30-19)9-28-18(27)16-23-17(15-3-2-8-29-15)25(24-16)14-6-4-12(20)5-7-14/h2-8,10H,9H2,1H3,(H,21,22,26). The first-order valence-corrected chi connectivity index (χ1v) is 10.4. The lowest BCUT2D eigenvalue weighted by Crippen LogP contribution is -2.09. The Kier molecular flexibility index (Phi) is 5.63. The van der Waals surface area contributed by atoms with Crippen LogP contribution in [0.15, 0.2) is 47.2 Å². The Morgan fingerprint density at radius 1 is 1.17 bits per heavy atom. The summed E-state index contributed by atoms with van der Waals surface area (Å²) in [5.74, 6) is -1.00. The van der Waals surface area contributed by atoms with Crippen molar-refractivity contribution in [3.05, 3.63) is 64.5 Å². The number of hydrogen-bond donors (Lipinski definition) is 1. The quantitative estimate of drug-likeness (QED) is 0.454. The normalized spacial score (nSPS) is 10.7. The van der Waals surface area contributed by atoms with Crippen molar-refractivity contribution in [2.24, 2.45) is 0 Å². The molecular weight excluding hydrogens is 429 g/mol. The lowest BCUT2D eigenvalue weighted by atomic mass is 10.3. The number of hydrogen-bond acceptors (Lipinski definition) is 8. The van der Waals surface area contributed by atoms with Crippen molar-refractivity contribution in [2.45, 2.75) is 13.5 Å². The van der Waals surface area contributed by atoms with Crippen molar-refractivity contribution >= 4 is 39.7 Å². The zero-order chi connectivity index (χ0) is 21.1. The van der Waals surface area contributed by atoms with Crippen molar-refractivity contribution in [1.29, 1.82) is 0 Å². The van der Waals surface area contributed by atoms with Crippen LogP contribution in [-0.4, -0.2) is 31.6 Å². The molecule has 0 saturated heterocycles. The molecular formula is C19H14FN5O3S2. The molecule has 0 radical (unpaired) electrons. The highest BCUT2D eigenvalue weighted by atomic mass is 32.1. The molecule has 0 bridgehead atoms. The number of thiophene rings is 1. The third kappa shape index (κ3) is 4.42. The Balaban J connectivity index is 1.55. The summed E-state index contributed by atoms with van der Waals surface area (Å²) in [4.78, 5) is 32.9. The van der Waals surface area contributed by atoms with E-state index in [4.69, 9.17) is 4.74 Å². The minimum absolute atomic E-state index is 0.0889.